The lowest BCUT2D eigenvalue weighted by atomic mass is 9.95. The summed E-state index contributed by atoms with van der Waals surface area (Å²) in [6.45, 7) is 10.4. The first kappa shape index (κ1) is 14.0. The van der Waals surface area contributed by atoms with E-state index < -0.39 is 0 Å². The number of benzene rings is 1. The van der Waals surface area contributed by atoms with Crippen molar-refractivity contribution in [1.82, 2.24) is 0 Å². The van der Waals surface area contributed by atoms with Crippen LogP contribution in [0.5, 0.6) is 0 Å². The smallest absolute Gasteiger partial charge is 0.0276 e. The molecule has 0 aliphatic rings. The van der Waals surface area contributed by atoms with Crippen molar-refractivity contribution in [1.29, 1.82) is 0 Å². The van der Waals surface area contributed by atoms with E-state index in [0.717, 1.165) is 0 Å². The van der Waals surface area contributed by atoms with E-state index in [2.05, 4.69) is 39.5 Å². The lowest BCUT2D eigenvalue weighted by Gasteiger charge is -2.11. The first-order valence-electron chi connectivity index (χ1n) is 6.83. The summed E-state index contributed by atoms with van der Waals surface area (Å²) in [4.78, 5) is 0. The van der Waals surface area contributed by atoms with Crippen LogP contribution in [0.25, 0.3) is 0 Å². The van der Waals surface area contributed by atoms with Gasteiger partial charge in [-0.15, -0.1) is 6.58 Å². The topological polar surface area (TPSA) is 0 Å². The van der Waals surface area contributed by atoms with Crippen LogP contribution in [0.1, 0.15) is 54.4 Å². The predicted molar refractivity (Wildman–Crippen MR) is 77.6 cm³/mol. The Balaban J connectivity index is 2.37. The molecule has 94 valence electrons. The van der Waals surface area contributed by atoms with E-state index >= 15 is 0 Å². The Morgan fingerprint density at radius 3 is 2.35 bits per heavy atom. The summed E-state index contributed by atoms with van der Waals surface area (Å²) >= 11 is 0. The van der Waals surface area contributed by atoms with Gasteiger partial charge in [0.15, 0.2) is 0 Å². The fourth-order valence-corrected chi connectivity index (χ4v) is 2.24. The summed E-state index contributed by atoms with van der Waals surface area (Å²) in [6, 6.07) is 4.57. The minimum Gasteiger partial charge on any atom is -0.103 e. The normalized spacial score (nSPS) is 10.5. The molecule has 0 aromatic heterocycles. The Kier molecular flexibility index (Phi) is 6.04. The average Bonchev–Trinajstić information content (AvgIpc) is 2.33. The molecule has 0 saturated carbocycles. The number of hydrogen-bond acceptors (Lipinski definition) is 0. The molecule has 0 unspecified atom stereocenters. The lowest BCUT2D eigenvalue weighted by Crippen LogP contribution is -1.95. The summed E-state index contributed by atoms with van der Waals surface area (Å²) in [7, 11) is 0. The lowest BCUT2D eigenvalue weighted by molar-refractivity contribution is 0.645. The third kappa shape index (κ3) is 4.38. The van der Waals surface area contributed by atoms with Crippen molar-refractivity contribution in [3.8, 4) is 0 Å². The number of hydrogen-bond donors (Lipinski definition) is 0. The minimum absolute atomic E-state index is 1.17. The van der Waals surface area contributed by atoms with Gasteiger partial charge < -0.3 is 0 Å². The minimum atomic E-state index is 1.17. The molecular formula is C17H26. The van der Waals surface area contributed by atoms with Gasteiger partial charge in [0.1, 0.15) is 0 Å². The summed E-state index contributed by atoms with van der Waals surface area (Å²) in [5.74, 6) is 0. The van der Waals surface area contributed by atoms with Gasteiger partial charge in [-0.1, -0.05) is 31.1 Å². The zero-order valence-electron chi connectivity index (χ0n) is 11.7. The first-order chi connectivity index (χ1) is 8.16. The second-order valence-electron chi connectivity index (χ2n) is 5.03. The van der Waals surface area contributed by atoms with Crippen LogP contribution >= 0.6 is 0 Å². The molecular weight excluding hydrogens is 204 g/mol. The van der Waals surface area contributed by atoms with E-state index in [4.69, 9.17) is 0 Å². The van der Waals surface area contributed by atoms with Gasteiger partial charge in [-0.25, -0.2) is 0 Å². The molecule has 0 fully saturated rings. The van der Waals surface area contributed by atoms with Crippen molar-refractivity contribution in [3.63, 3.8) is 0 Å². The molecule has 0 heteroatoms. The van der Waals surface area contributed by atoms with Crippen molar-refractivity contribution in [2.45, 2.75) is 59.3 Å². The van der Waals surface area contributed by atoms with Gasteiger partial charge in [0.05, 0.1) is 0 Å². The monoisotopic (exact) mass is 230 g/mol. The Labute approximate surface area is 107 Å². The van der Waals surface area contributed by atoms with Crippen LogP contribution in [0.3, 0.4) is 0 Å². The van der Waals surface area contributed by atoms with Gasteiger partial charge in [0.25, 0.3) is 0 Å². The summed E-state index contributed by atoms with van der Waals surface area (Å²) in [5, 5.41) is 0. The molecule has 0 nitrogen and oxygen atoms in total. The van der Waals surface area contributed by atoms with Gasteiger partial charge >= 0.3 is 0 Å². The zero-order chi connectivity index (χ0) is 12.7. The standard InChI is InChI=1S/C17H26/c1-5-6-7-8-9-10-11-17-13-12-14(2)15(3)16(17)4/h5,12-13H,1,6-11H2,2-4H3. The van der Waals surface area contributed by atoms with Crippen molar-refractivity contribution < 1.29 is 0 Å². The molecule has 1 aromatic rings. The van der Waals surface area contributed by atoms with E-state index in [1.807, 2.05) is 6.08 Å². The number of rotatable bonds is 7. The second kappa shape index (κ2) is 7.32. The highest BCUT2D eigenvalue weighted by atomic mass is 14.1. The fraction of sp³-hybridized carbons (Fsp3) is 0.529. The molecule has 0 radical (unpaired) electrons. The van der Waals surface area contributed by atoms with E-state index in [1.54, 1.807) is 0 Å². The van der Waals surface area contributed by atoms with E-state index in [1.165, 1.54) is 60.8 Å². The Hall–Kier alpha value is -1.04. The highest BCUT2D eigenvalue weighted by Crippen LogP contribution is 2.19. The van der Waals surface area contributed by atoms with Crippen molar-refractivity contribution in [2.75, 3.05) is 0 Å². The van der Waals surface area contributed by atoms with Gasteiger partial charge in [-0.2, -0.15) is 0 Å². The maximum atomic E-state index is 3.76. The van der Waals surface area contributed by atoms with Crippen LogP contribution in [0.2, 0.25) is 0 Å². The van der Waals surface area contributed by atoms with Crippen LogP contribution in [0.4, 0.5) is 0 Å². The fourth-order valence-electron chi connectivity index (χ4n) is 2.24. The second-order valence-corrected chi connectivity index (χ2v) is 5.03. The molecule has 0 atom stereocenters. The molecule has 0 amide bonds. The Morgan fingerprint density at radius 2 is 1.65 bits per heavy atom. The van der Waals surface area contributed by atoms with Crippen LogP contribution in [0.15, 0.2) is 24.8 Å². The van der Waals surface area contributed by atoms with Gasteiger partial charge in [0.2, 0.25) is 0 Å². The molecule has 0 aliphatic heterocycles. The van der Waals surface area contributed by atoms with Crippen LogP contribution in [0, 0.1) is 20.8 Å². The summed E-state index contributed by atoms with van der Waals surface area (Å²) in [5.41, 5.74) is 5.92. The maximum absolute atomic E-state index is 3.76. The third-order valence-electron chi connectivity index (χ3n) is 3.77. The Morgan fingerprint density at radius 1 is 0.941 bits per heavy atom. The summed E-state index contributed by atoms with van der Waals surface area (Å²) in [6.07, 6.45) is 9.74. The molecule has 0 N–H and O–H groups in total. The average molecular weight is 230 g/mol. The van der Waals surface area contributed by atoms with Crippen molar-refractivity contribution >= 4 is 0 Å². The molecule has 1 aromatic carbocycles. The molecule has 0 spiro atoms. The van der Waals surface area contributed by atoms with Crippen LogP contribution in [-0.4, -0.2) is 0 Å². The molecule has 1 rings (SSSR count). The molecule has 0 aliphatic carbocycles. The predicted octanol–water partition coefficient (Wildman–Crippen LogP) is 5.29. The number of aryl methyl sites for hydroxylation is 2. The molecule has 17 heavy (non-hydrogen) atoms. The van der Waals surface area contributed by atoms with Crippen molar-refractivity contribution in [3.05, 3.63) is 47.0 Å². The number of unbranched alkanes of at least 4 members (excludes halogenated alkanes) is 4. The molecule has 0 heterocycles. The van der Waals surface area contributed by atoms with E-state index in [9.17, 15) is 0 Å². The summed E-state index contributed by atoms with van der Waals surface area (Å²) < 4.78 is 0. The molecule has 0 bridgehead atoms. The quantitative estimate of drug-likeness (QED) is 0.441. The molecule has 0 saturated heterocycles. The van der Waals surface area contributed by atoms with E-state index in [-0.39, 0.29) is 0 Å². The number of allylic oxidation sites excluding steroid dienone is 1. The Bertz CT molecular complexity index is 361. The largest absolute Gasteiger partial charge is 0.103 e. The van der Waals surface area contributed by atoms with Gasteiger partial charge in [-0.3, -0.25) is 0 Å². The van der Waals surface area contributed by atoms with Crippen LogP contribution in [-0.2, 0) is 6.42 Å². The van der Waals surface area contributed by atoms with E-state index in [0.29, 0.717) is 0 Å². The highest BCUT2D eigenvalue weighted by Gasteiger charge is 2.03. The third-order valence-corrected chi connectivity index (χ3v) is 3.77. The highest BCUT2D eigenvalue weighted by molar-refractivity contribution is 5.38. The first-order valence-corrected chi connectivity index (χ1v) is 6.83. The van der Waals surface area contributed by atoms with Gasteiger partial charge in [-0.05, 0) is 68.7 Å². The van der Waals surface area contributed by atoms with Crippen molar-refractivity contribution in [2.24, 2.45) is 0 Å². The van der Waals surface area contributed by atoms with Gasteiger partial charge in [0, 0.05) is 0 Å². The zero-order valence-corrected chi connectivity index (χ0v) is 11.7. The SMILES string of the molecule is C=CCCCCCCc1ccc(C)c(C)c1C. The maximum Gasteiger partial charge on any atom is -0.0276 e. The van der Waals surface area contributed by atoms with Crippen LogP contribution < -0.4 is 0 Å².